The second-order valence-electron chi connectivity index (χ2n) is 3.43. The molecule has 0 aromatic heterocycles. The van der Waals surface area contributed by atoms with Crippen LogP contribution in [0.2, 0.25) is 0 Å². The van der Waals surface area contributed by atoms with Gasteiger partial charge in [0, 0.05) is 0 Å². The van der Waals surface area contributed by atoms with E-state index >= 15 is 0 Å². The van der Waals surface area contributed by atoms with Gasteiger partial charge >= 0.3 is 103 Å². The molecule has 0 aliphatic carbocycles. The van der Waals surface area contributed by atoms with E-state index in [1.807, 2.05) is 0 Å². The van der Waals surface area contributed by atoms with Crippen molar-refractivity contribution < 1.29 is 49.2 Å². The van der Waals surface area contributed by atoms with Gasteiger partial charge in [0.25, 0.3) is 0 Å². The zero-order valence-corrected chi connectivity index (χ0v) is 10.8. The van der Waals surface area contributed by atoms with Crippen molar-refractivity contribution in [2.24, 2.45) is 0 Å². The zero-order valence-electron chi connectivity index (χ0n) is 9.91. The van der Waals surface area contributed by atoms with Crippen LogP contribution in [0.3, 0.4) is 0 Å². The second kappa shape index (κ2) is 4.68. The molecule has 1 fully saturated rings. The summed E-state index contributed by atoms with van der Waals surface area (Å²) in [6.07, 6.45) is -13.6. The van der Waals surface area contributed by atoms with Crippen LogP contribution in [-0.2, 0) is 22.8 Å². The minimum atomic E-state index is -5.60. The Kier molecular flexibility index (Phi) is 4.15. The molecule has 2 atom stereocenters. The molecule has 1 rings (SSSR count). The van der Waals surface area contributed by atoms with E-state index in [9.17, 15) is 26.3 Å². The van der Waals surface area contributed by atoms with Crippen molar-refractivity contribution in [1.82, 2.24) is 0 Å². The molecule has 1 aliphatic heterocycles. The van der Waals surface area contributed by atoms with Crippen LogP contribution in [0.5, 0.6) is 0 Å². The van der Waals surface area contributed by atoms with Gasteiger partial charge in [0.1, 0.15) is 0 Å². The quantitative estimate of drug-likeness (QED) is 0.591. The Labute approximate surface area is 104 Å². The number of rotatable bonds is 3. The van der Waals surface area contributed by atoms with Gasteiger partial charge in [0.2, 0.25) is 0 Å². The summed E-state index contributed by atoms with van der Waals surface area (Å²) in [5.41, 5.74) is 0. The summed E-state index contributed by atoms with van der Waals surface area (Å²) >= 11 is 0. The number of ether oxygens (including phenoxy) is 1. The fraction of sp³-hybridized carbons (Fsp3) is 1.00. The van der Waals surface area contributed by atoms with E-state index in [1.54, 1.807) is 0 Å². The first kappa shape index (κ1) is 16.9. The van der Waals surface area contributed by atoms with Crippen LogP contribution in [0.1, 0.15) is 0 Å². The first-order valence-corrected chi connectivity index (χ1v) is 6.61. The van der Waals surface area contributed by atoms with E-state index in [4.69, 9.17) is 0 Å². The summed E-state index contributed by atoms with van der Waals surface area (Å²) in [5.74, 6) is -3.12. The molecule has 0 radical (unpaired) electrons. The summed E-state index contributed by atoms with van der Waals surface area (Å²) in [6.45, 7) is 0. The molecule has 0 amide bonds. The molecule has 0 bridgehead atoms. The van der Waals surface area contributed by atoms with E-state index in [-0.39, 0.29) is 0 Å². The summed E-state index contributed by atoms with van der Waals surface area (Å²) in [5, 5.41) is 0. The molecule has 12 heteroatoms. The molecule has 5 nitrogen and oxygen atoms in total. The normalized spacial score (nSPS) is 32.8. The second-order valence-corrected chi connectivity index (χ2v) is 6.94. The van der Waals surface area contributed by atoms with Crippen LogP contribution in [0.25, 0.3) is 0 Å². The first-order chi connectivity index (χ1) is 8.45. The van der Waals surface area contributed by atoms with E-state index in [0.29, 0.717) is 21.3 Å². The Balaban J connectivity index is 3.33. The van der Waals surface area contributed by atoms with Gasteiger partial charge in [-0.05, 0) is 0 Å². The Hall–Kier alpha value is -0.190. The average molecular weight is 320 g/mol. The Morgan fingerprint density at radius 3 is 1.47 bits per heavy atom. The Morgan fingerprint density at radius 2 is 1.26 bits per heavy atom. The average Bonchev–Trinajstić information content (AvgIpc) is 2.66. The molecular weight excluding hydrogens is 309 g/mol. The number of alkyl halides is 6. The van der Waals surface area contributed by atoms with Crippen LogP contribution in [0, 0.1) is 0 Å². The van der Waals surface area contributed by atoms with Crippen LogP contribution in [0.4, 0.5) is 26.3 Å². The van der Waals surface area contributed by atoms with Gasteiger partial charge in [-0.1, -0.05) is 0 Å². The third-order valence-electron chi connectivity index (χ3n) is 2.46. The van der Waals surface area contributed by atoms with Gasteiger partial charge in [0.05, 0.1) is 0 Å². The van der Waals surface area contributed by atoms with E-state index in [0.717, 1.165) is 0 Å². The topological polar surface area (TPSA) is 46.2 Å². The summed E-state index contributed by atoms with van der Waals surface area (Å²) < 4.78 is 97.6. The van der Waals surface area contributed by atoms with Gasteiger partial charge in [0.15, 0.2) is 0 Å². The van der Waals surface area contributed by atoms with Crippen molar-refractivity contribution in [3.05, 3.63) is 0 Å². The van der Waals surface area contributed by atoms with Gasteiger partial charge in [-0.2, -0.15) is 0 Å². The van der Waals surface area contributed by atoms with E-state index in [1.165, 1.54) is 0 Å². The van der Waals surface area contributed by atoms with Crippen LogP contribution in [0.15, 0.2) is 0 Å². The van der Waals surface area contributed by atoms with Gasteiger partial charge in [-0.3, -0.25) is 0 Å². The molecule has 1 aliphatic rings. The SMILES string of the molecule is COP1(OC)(OC)OC(C(F)(F)F)OC1C(F)(F)F. The third kappa shape index (κ3) is 2.55. The molecule has 0 aromatic rings. The number of halogens is 6. The van der Waals surface area contributed by atoms with Crippen LogP contribution < -0.4 is 0 Å². The Bertz CT molecular complexity index is 329. The van der Waals surface area contributed by atoms with Gasteiger partial charge in [-0.25, -0.2) is 0 Å². The van der Waals surface area contributed by atoms with Crippen molar-refractivity contribution in [2.75, 3.05) is 21.3 Å². The molecule has 0 aromatic carbocycles. The molecule has 0 saturated carbocycles. The predicted molar refractivity (Wildman–Crippen MR) is 49.8 cm³/mol. The van der Waals surface area contributed by atoms with Crippen molar-refractivity contribution in [3.8, 4) is 0 Å². The monoisotopic (exact) mass is 320 g/mol. The molecule has 1 heterocycles. The predicted octanol–water partition coefficient (Wildman–Crippen LogP) is 2.96. The van der Waals surface area contributed by atoms with E-state index in [2.05, 4.69) is 22.8 Å². The maximum atomic E-state index is 12.8. The van der Waals surface area contributed by atoms with Crippen LogP contribution >= 0.6 is 7.51 Å². The summed E-state index contributed by atoms with van der Waals surface area (Å²) in [4.78, 5) is 0. The minimum absolute atomic E-state index is 0.686. The van der Waals surface area contributed by atoms with Crippen molar-refractivity contribution in [3.63, 3.8) is 0 Å². The van der Waals surface area contributed by atoms with E-state index < -0.39 is 32.0 Å². The fourth-order valence-corrected chi connectivity index (χ4v) is 4.25. The molecule has 2 unspecified atom stereocenters. The van der Waals surface area contributed by atoms with Crippen molar-refractivity contribution in [2.45, 2.75) is 24.5 Å². The number of hydrogen-bond donors (Lipinski definition) is 0. The molecule has 0 spiro atoms. The summed E-state index contributed by atoms with van der Waals surface area (Å²) in [6, 6.07) is 0. The standard InChI is InChI=1S/C7H11F6O5P/c1-14-19(15-2,16-3)5(7(11,12)13)17-4(18-19)6(8,9)10/h4-5H,1-3H3. The Morgan fingerprint density at radius 1 is 0.842 bits per heavy atom. The zero-order chi connectivity index (χ0) is 15.1. The van der Waals surface area contributed by atoms with Crippen molar-refractivity contribution in [1.29, 1.82) is 0 Å². The molecule has 116 valence electrons. The van der Waals surface area contributed by atoms with Crippen molar-refractivity contribution >= 4 is 7.51 Å². The summed E-state index contributed by atoms with van der Waals surface area (Å²) in [7, 11) is -3.54. The molecule has 0 N–H and O–H groups in total. The fourth-order valence-electron chi connectivity index (χ4n) is 1.56. The molecular formula is C7H11F6O5P. The maximum absolute atomic E-state index is 12.8. The number of hydrogen-bond acceptors (Lipinski definition) is 5. The first-order valence-electron chi connectivity index (χ1n) is 4.63. The van der Waals surface area contributed by atoms with Crippen LogP contribution in [-0.4, -0.2) is 45.8 Å². The third-order valence-corrected chi connectivity index (χ3v) is 6.18. The molecule has 1 saturated heterocycles. The van der Waals surface area contributed by atoms with Gasteiger partial charge in [-0.15, -0.1) is 0 Å². The molecule has 19 heavy (non-hydrogen) atoms. The van der Waals surface area contributed by atoms with Gasteiger partial charge < -0.3 is 0 Å².